The highest BCUT2D eigenvalue weighted by Crippen LogP contribution is 2.19. The van der Waals surface area contributed by atoms with E-state index in [0.717, 1.165) is 17.3 Å². The highest BCUT2D eigenvalue weighted by Gasteiger charge is 2.05. The fraction of sp³-hybridized carbons (Fsp3) is 0.375. The molecule has 110 valence electrons. The van der Waals surface area contributed by atoms with Crippen molar-refractivity contribution in [1.29, 1.82) is 5.26 Å². The summed E-state index contributed by atoms with van der Waals surface area (Å²) < 4.78 is 10.3. The molecule has 1 aromatic carbocycles. The van der Waals surface area contributed by atoms with Crippen molar-refractivity contribution in [2.45, 2.75) is 6.42 Å². The van der Waals surface area contributed by atoms with Gasteiger partial charge in [-0.15, -0.1) is 0 Å². The van der Waals surface area contributed by atoms with E-state index in [-0.39, 0.29) is 0 Å². The van der Waals surface area contributed by atoms with Crippen LogP contribution in [0, 0.1) is 11.3 Å². The lowest BCUT2D eigenvalue weighted by atomic mass is 10.1. The number of pyridine rings is 1. The number of methoxy groups -OCH3 is 1. The number of aromatic nitrogens is 1. The van der Waals surface area contributed by atoms with Crippen molar-refractivity contribution in [3.63, 3.8) is 0 Å². The van der Waals surface area contributed by atoms with Gasteiger partial charge in [0.15, 0.2) is 0 Å². The number of ether oxygens (including phenoxy) is 2. The fourth-order valence-electron chi connectivity index (χ4n) is 1.96. The molecule has 0 bridgehead atoms. The van der Waals surface area contributed by atoms with Crippen LogP contribution in [0.4, 0.5) is 5.82 Å². The number of benzene rings is 1. The minimum Gasteiger partial charge on any atom is -0.382 e. The highest BCUT2D eigenvalue weighted by atomic mass is 16.5. The van der Waals surface area contributed by atoms with Gasteiger partial charge in [-0.3, -0.25) is 0 Å². The van der Waals surface area contributed by atoms with Crippen LogP contribution < -0.4 is 5.32 Å². The number of anilines is 1. The summed E-state index contributed by atoms with van der Waals surface area (Å²) in [6.07, 6.45) is 0.850. The van der Waals surface area contributed by atoms with Gasteiger partial charge in [-0.2, -0.15) is 5.26 Å². The Kier molecular flexibility index (Phi) is 5.95. The maximum Gasteiger partial charge on any atom is 0.144 e. The topological polar surface area (TPSA) is 67.2 Å². The largest absolute Gasteiger partial charge is 0.382 e. The quantitative estimate of drug-likeness (QED) is 0.755. The monoisotopic (exact) mass is 285 g/mol. The van der Waals surface area contributed by atoms with Crippen molar-refractivity contribution in [2.75, 3.05) is 38.8 Å². The Hall–Kier alpha value is -2.16. The predicted octanol–water partition coefficient (Wildman–Crippen LogP) is 2.57. The van der Waals surface area contributed by atoms with Gasteiger partial charge in [-0.1, -0.05) is 18.2 Å². The van der Waals surface area contributed by atoms with Crippen molar-refractivity contribution >= 4 is 16.7 Å². The molecule has 0 saturated heterocycles. The molecule has 0 unspecified atom stereocenters. The number of hydrogen-bond acceptors (Lipinski definition) is 5. The molecule has 0 aliphatic carbocycles. The van der Waals surface area contributed by atoms with E-state index in [2.05, 4.69) is 16.4 Å². The molecule has 0 fully saturated rings. The van der Waals surface area contributed by atoms with E-state index in [1.807, 2.05) is 30.3 Å². The predicted molar refractivity (Wildman–Crippen MR) is 82.3 cm³/mol. The first kappa shape index (κ1) is 15.2. The number of hydrogen-bond donors (Lipinski definition) is 1. The van der Waals surface area contributed by atoms with Crippen LogP contribution in [-0.4, -0.2) is 38.5 Å². The molecular weight excluding hydrogens is 266 g/mol. The summed E-state index contributed by atoms with van der Waals surface area (Å²) in [4.78, 5) is 4.50. The van der Waals surface area contributed by atoms with E-state index < -0.39 is 0 Å². The van der Waals surface area contributed by atoms with Crippen LogP contribution in [0.15, 0.2) is 30.3 Å². The number of rotatable bonds is 8. The van der Waals surface area contributed by atoms with Crippen molar-refractivity contribution in [1.82, 2.24) is 4.98 Å². The van der Waals surface area contributed by atoms with E-state index in [9.17, 15) is 5.26 Å². The summed E-state index contributed by atoms with van der Waals surface area (Å²) in [5.41, 5.74) is 1.45. The van der Waals surface area contributed by atoms with Crippen molar-refractivity contribution < 1.29 is 9.47 Å². The molecule has 0 spiro atoms. The van der Waals surface area contributed by atoms with Crippen molar-refractivity contribution in [3.8, 4) is 6.07 Å². The van der Waals surface area contributed by atoms with Gasteiger partial charge in [0.05, 0.1) is 24.3 Å². The maximum absolute atomic E-state index is 9.21. The molecule has 2 aromatic rings. The van der Waals surface area contributed by atoms with Crippen LogP contribution in [0.2, 0.25) is 0 Å². The number of nitrogens with zero attached hydrogens (tertiary/aromatic N) is 2. The van der Waals surface area contributed by atoms with Gasteiger partial charge in [-0.05, 0) is 18.6 Å². The minimum atomic E-state index is 0.564. The van der Waals surface area contributed by atoms with Gasteiger partial charge in [0.2, 0.25) is 0 Å². The zero-order valence-corrected chi connectivity index (χ0v) is 12.1. The second-order valence-electron chi connectivity index (χ2n) is 4.57. The van der Waals surface area contributed by atoms with E-state index in [1.165, 1.54) is 0 Å². The Morgan fingerprint density at radius 3 is 2.90 bits per heavy atom. The third-order valence-corrected chi connectivity index (χ3v) is 3.03. The number of fused-ring (bicyclic) bond motifs is 1. The summed E-state index contributed by atoms with van der Waals surface area (Å²) in [5.74, 6) is 0.632. The molecule has 0 aliphatic rings. The van der Waals surface area contributed by atoms with Crippen molar-refractivity contribution in [2.24, 2.45) is 0 Å². The molecule has 1 aromatic heterocycles. The van der Waals surface area contributed by atoms with E-state index >= 15 is 0 Å². The van der Waals surface area contributed by atoms with E-state index in [0.29, 0.717) is 37.7 Å². The van der Waals surface area contributed by atoms with Gasteiger partial charge in [0.1, 0.15) is 11.9 Å². The van der Waals surface area contributed by atoms with Crippen LogP contribution in [0.5, 0.6) is 0 Å². The standard InChI is InChI=1S/C16H19N3O2/c1-20-9-10-21-8-4-7-18-16-14(12-17)11-13-5-2-3-6-15(13)19-16/h2-3,5-6,11H,4,7-10H2,1H3,(H,18,19). The zero-order valence-electron chi connectivity index (χ0n) is 12.1. The van der Waals surface area contributed by atoms with Crippen LogP contribution in [0.3, 0.4) is 0 Å². The molecule has 21 heavy (non-hydrogen) atoms. The first-order valence-corrected chi connectivity index (χ1v) is 6.95. The average Bonchev–Trinajstić information content (AvgIpc) is 2.53. The molecule has 2 rings (SSSR count). The lowest BCUT2D eigenvalue weighted by Gasteiger charge is -2.09. The lowest BCUT2D eigenvalue weighted by molar-refractivity contribution is 0.0705. The Balaban J connectivity index is 1.90. The molecule has 0 amide bonds. The summed E-state index contributed by atoms with van der Waals surface area (Å²) in [7, 11) is 1.65. The fourth-order valence-corrected chi connectivity index (χ4v) is 1.96. The second kappa shape index (κ2) is 8.20. The van der Waals surface area contributed by atoms with E-state index in [1.54, 1.807) is 7.11 Å². The van der Waals surface area contributed by atoms with Crippen LogP contribution in [-0.2, 0) is 9.47 Å². The first-order chi connectivity index (χ1) is 10.3. The normalized spacial score (nSPS) is 10.5. The van der Waals surface area contributed by atoms with Gasteiger partial charge in [-0.25, -0.2) is 4.98 Å². The molecule has 0 aliphatic heterocycles. The SMILES string of the molecule is COCCOCCCNc1nc2ccccc2cc1C#N. The lowest BCUT2D eigenvalue weighted by Crippen LogP contribution is -2.10. The Morgan fingerprint density at radius 1 is 1.24 bits per heavy atom. The third kappa shape index (κ3) is 4.42. The minimum absolute atomic E-state index is 0.564. The second-order valence-corrected chi connectivity index (χ2v) is 4.57. The Labute approximate surface area is 124 Å². The molecule has 5 nitrogen and oxygen atoms in total. The number of para-hydroxylation sites is 1. The molecule has 0 atom stereocenters. The molecule has 0 radical (unpaired) electrons. The van der Waals surface area contributed by atoms with Gasteiger partial charge in [0.25, 0.3) is 0 Å². The molecule has 1 N–H and O–H groups in total. The van der Waals surface area contributed by atoms with Gasteiger partial charge >= 0.3 is 0 Å². The van der Waals surface area contributed by atoms with Gasteiger partial charge in [0, 0.05) is 25.6 Å². The maximum atomic E-state index is 9.21. The Bertz CT molecular complexity index is 622. The smallest absolute Gasteiger partial charge is 0.144 e. The molecule has 0 saturated carbocycles. The highest BCUT2D eigenvalue weighted by molar-refractivity contribution is 5.82. The van der Waals surface area contributed by atoms with Gasteiger partial charge < -0.3 is 14.8 Å². The van der Waals surface area contributed by atoms with Crippen molar-refractivity contribution in [3.05, 3.63) is 35.9 Å². The van der Waals surface area contributed by atoms with Crippen LogP contribution >= 0.6 is 0 Å². The molecule has 5 heteroatoms. The average molecular weight is 285 g/mol. The summed E-state index contributed by atoms with van der Waals surface area (Å²) in [6, 6.07) is 11.8. The summed E-state index contributed by atoms with van der Waals surface area (Å²) >= 11 is 0. The van der Waals surface area contributed by atoms with Crippen LogP contribution in [0.1, 0.15) is 12.0 Å². The Morgan fingerprint density at radius 2 is 2.10 bits per heavy atom. The van der Waals surface area contributed by atoms with Crippen LogP contribution in [0.25, 0.3) is 10.9 Å². The number of nitrogens with one attached hydrogen (secondary N) is 1. The molecular formula is C16H19N3O2. The summed E-state index contributed by atoms with van der Waals surface area (Å²) in [5, 5.41) is 13.4. The zero-order chi connectivity index (χ0) is 14.9. The third-order valence-electron chi connectivity index (χ3n) is 3.03. The first-order valence-electron chi connectivity index (χ1n) is 6.95. The van der Waals surface area contributed by atoms with E-state index in [4.69, 9.17) is 9.47 Å². The number of nitriles is 1. The summed E-state index contributed by atoms with van der Waals surface area (Å²) in [6.45, 7) is 2.59. The molecule has 1 heterocycles.